The summed E-state index contributed by atoms with van der Waals surface area (Å²) < 4.78 is 19.5. The van der Waals surface area contributed by atoms with Crippen molar-refractivity contribution < 1.29 is 13.9 Å². The number of ether oxygens (including phenoxy) is 1. The van der Waals surface area contributed by atoms with Gasteiger partial charge in [-0.3, -0.25) is 4.79 Å². The third kappa shape index (κ3) is 3.13. The molecule has 1 atom stereocenters. The van der Waals surface area contributed by atoms with Gasteiger partial charge in [0.1, 0.15) is 5.82 Å². The highest BCUT2D eigenvalue weighted by Crippen LogP contribution is 2.23. The van der Waals surface area contributed by atoms with Crippen LogP contribution >= 0.6 is 0 Å². The predicted molar refractivity (Wildman–Crippen MR) is 71.7 cm³/mol. The van der Waals surface area contributed by atoms with E-state index in [-0.39, 0.29) is 17.6 Å². The highest BCUT2D eigenvalue weighted by atomic mass is 19.1. The normalized spacial score (nSPS) is 22.4. The van der Waals surface area contributed by atoms with Crippen LogP contribution in [0.3, 0.4) is 0 Å². The van der Waals surface area contributed by atoms with Gasteiger partial charge in [-0.1, -0.05) is 11.6 Å². The third-order valence-corrected chi connectivity index (χ3v) is 3.21. The van der Waals surface area contributed by atoms with E-state index >= 15 is 0 Å². The van der Waals surface area contributed by atoms with Crippen molar-refractivity contribution in [2.24, 2.45) is 0 Å². The number of carbonyl (C=O) groups excluding carboxylic acids is 1. The van der Waals surface area contributed by atoms with Gasteiger partial charge < -0.3 is 9.64 Å². The molecule has 104 valence electrons. The van der Waals surface area contributed by atoms with Crippen LogP contribution in [0.25, 0.3) is 0 Å². The van der Waals surface area contributed by atoms with Gasteiger partial charge in [0.2, 0.25) is 0 Å². The lowest BCUT2D eigenvalue weighted by Crippen LogP contribution is -2.53. The Bertz CT molecular complexity index is 499. The van der Waals surface area contributed by atoms with Gasteiger partial charge in [0, 0.05) is 13.1 Å². The summed E-state index contributed by atoms with van der Waals surface area (Å²) in [5.74, 6) is -0.725. The van der Waals surface area contributed by atoms with Crippen molar-refractivity contribution in [2.75, 3.05) is 13.1 Å². The van der Waals surface area contributed by atoms with Gasteiger partial charge in [-0.25, -0.2) is 4.39 Å². The molecule has 1 saturated heterocycles. The van der Waals surface area contributed by atoms with Crippen LogP contribution < -0.4 is 0 Å². The van der Waals surface area contributed by atoms with Crippen molar-refractivity contribution in [3.63, 3.8) is 0 Å². The Balaban J connectivity index is 2.26. The minimum Gasteiger partial charge on any atom is -0.369 e. The lowest BCUT2D eigenvalue weighted by Gasteiger charge is -2.41. The number of hydrogen-bond donors (Lipinski definition) is 0. The molecule has 1 heterocycles. The summed E-state index contributed by atoms with van der Waals surface area (Å²) in [5.41, 5.74) is 0.628. The van der Waals surface area contributed by atoms with Crippen LogP contribution in [-0.2, 0) is 4.74 Å². The van der Waals surface area contributed by atoms with Crippen molar-refractivity contribution in [3.8, 4) is 0 Å². The predicted octanol–water partition coefficient (Wildman–Crippen LogP) is 2.77. The van der Waals surface area contributed by atoms with Crippen LogP contribution in [-0.4, -0.2) is 35.6 Å². The Morgan fingerprint density at radius 2 is 2.16 bits per heavy atom. The number of hydrogen-bond acceptors (Lipinski definition) is 2. The molecule has 0 bridgehead atoms. The van der Waals surface area contributed by atoms with Gasteiger partial charge >= 0.3 is 0 Å². The second-order valence-electron chi connectivity index (χ2n) is 5.86. The molecule has 0 spiro atoms. The van der Waals surface area contributed by atoms with Crippen LogP contribution in [0.5, 0.6) is 0 Å². The number of carbonyl (C=O) groups is 1. The van der Waals surface area contributed by atoms with Gasteiger partial charge in [0.05, 0.1) is 17.3 Å². The fourth-order valence-electron chi connectivity index (χ4n) is 2.58. The molecular formula is C15H20FNO2. The fourth-order valence-corrected chi connectivity index (χ4v) is 2.58. The first-order chi connectivity index (χ1) is 8.78. The van der Waals surface area contributed by atoms with Crippen LogP contribution in [0.15, 0.2) is 18.2 Å². The lowest BCUT2D eigenvalue weighted by atomic mass is 10.0. The second-order valence-corrected chi connectivity index (χ2v) is 5.86. The van der Waals surface area contributed by atoms with Crippen LogP contribution in [0, 0.1) is 12.7 Å². The molecule has 0 radical (unpaired) electrons. The Morgan fingerprint density at radius 1 is 1.47 bits per heavy atom. The molecule has 2 rings (SSSR count). The van der Waals surface area contributed by atoms with E-state index in [9.17, 15) is 9.18 Å². The Labute approximate surface area is 113 Å². The SMILES string of the molecule is Cc1ccc(F)c(C(=O)N2CC(C)OC(C)(C)C2)c1. The first-order valence-corrected chi connectivity index (χ1v) is 6.52. The standard InChI is InChI=1S/C15H20FNO2/c1-10-5-6-13(16)12(7-10)14(18)17-8-11(2)19-15(3,4)9-17/h5-7,11H,8-9H2,1-4H3. The summed E-state index contributed by atoms with van der Waals surface area (Å²) in [7, 11) is 0. The van der Waals surface area contributed by atoms with Gasteiger partial charge in [-0.2, -0.15) is 0 Å². The van der Waals surface area contributed by atoms with Gasteiger partial charge in [-0.15, -0.1) is 0 Å². The fraction of sp³-hybridized carbons (Fsp3) is 0.533. The Hall–Kier alpha value is -1.42. The molecule has 0 aromatic heterocycles. The van der Waals surface area contributed by atoms with Crippen molar-refractivity contribution in [1.82, 2.24) is 4.90 Å². The molecule has 1 aliphatic rings. The molecular weight excluding hydrogens is 245 g/mol. The highest BCUT2D eigenvalue weighted by Gasteiger charge is 2.34. The summed E-state index contributed by atoms with van der Waals surface area (Å²) >= 11 is 0. The van der Waals surface area contributed by atoms with E-state index in [1.54, 1.807) is 17.0 Å². The monoisotopic (exact) mass is 265 g/mol. The molecule has 1 unspecified atom stereocenters. The minimum atomic E-state index is -0.465. The average molecular weight is 265 g/mol. The zero-order valence-electron chi connectivity index (χ0n) is 11.9. The number of aryl methyl sites for hydroxylation is 1. The maximum atomic E-state index is 13.8. The van der Waals surface area contributed by atoms with Gasteiger partial charge in [0.25, 0.3) is 5.91 Å². The molecule has 1 aromatic carbocycles. The molecule has 1 aromatic rings. The van der Waals surface area contributed by atoms with E-state index in [4.69, 9.17) is 4.74 Å². The van der Waals surface area contributed by atoms with Crippen molar-refractivity contribution in [1.29, 1.82) is 0 Å². The summed E-state index contributed by atoms with van der Waals surface area (Å²) in [5, 5.41) is 0. The zero-order chi connectivity index (χ0) is 14.2. The molecule has 19 heavy (non-hydrogen) atoms. The smallest absolute Gasteiger partial charge is 0.257 e. The molecule has 3 nitrogen and oxygen atoms in total. The van der Waals surface area contributed by atoms with E-state index in [0.29, 0.717) is 13.1 Å². The molecule has 1 aliphatic heterocycles. The first kappa shape index (κ1) is 14.0. The molecule has 0 aliphatic carbocycles. The third-order valence-electron chi connectivity index (χ3n) is 3.21. The number of nitrogens with zero attached hydrogens (tertiary/aromatic N) is 1. The van der Waals surface area contributed by atoms with E-state index < -0.39 is 11.4 Å². The minimum absolute atomic E-state index is 0.0411. The second kappa shape index (κ2) is 4.93. The largest absolute Gasteiger partial charge is 0.369 e. The van der Waals surface area contributed by atoms with E-state index in [1.165, 1.54) is 6.07 Å². The summed E-state index contributed by atoms with van der Waals surface area (Å²) in [4.78, 5) is 14.1. The van der Waals surface area contributed by atoms with E-state index in [2.05, 4.69) is 0 Å². The number of amides is 1. The number of halogens is 1. The van der Waals surface area contributed by atoms with Crippen molar-refractivity contribution in [2.45, 2.75) is 39.4 Å². The van der Waals surface area contributed by atoms with E-state index in [0.717, 1.165) is 5.56 Å². The molecule has 0 N–H and O–H groups in total. The van der Waals surface area contributed by atoms with Crippen LogP contribution in [0.4, 0.5) is 4.39 Å². The molecule has 4 heteroatoms. The van der Waals surface area contributed by atoms with E-state index in [1.807, 2.05) is 27.7 Å². The van der Waals surface area contributed by atoms with Gasteiger partial charge in [-0.05, 0) is 39.8 Å². The first-order valence-electron chi connectivity index (χ1n) is 6.52. The Morgan fingerprint density at radius 3 is 2.79 bits per heavy atom. The number of rotatable bonds is 1. The average Bonchev–Trinajstić information content (AvgIpc) is 2.29. The van der Waals surface area contributed by atoms with Crippen LogP contribution in [0.2, 0.25) is 0 Å². The quantitative estimate of drug-likeness (QED) is 0.781. The summed E-state index contributed by atoms with van der Waals surface area (Å²) in [6.07, 6.45) is -0.0411. The number of benzene rings is 1. The van der Waals surface area contributed by atoms with Crippen LogP contribution in [0.1, 0.15) is 36.7 Å². The van der Waals surface area contributed by atoms with Gasteiger partial charge in [0.15, 0.2) is 0 Å². The summed E-state index contributed by atoms with van der Waals surface area (Å²) in [6, 6.07) is 4.61. The molecule has 1 amide bonds. The Kier molecular flexibility index (Phi) is 3.63. The zero-order valence-corrected chi connectivity index (χ0v) is 11.9. The molecule has 1 fully saturated rings. The van der Waals surface area contributed by atoms with Crippen molar-refractivity contribution in [3.05, 3.63) is 35.1 Å². The topological polar surface area (TPSA) is 29.5 Å². The summed E-state index contributed by atoms with van der Waals surface area (Å²) in [6.45, 7) is 8.63. The highest BCUT2D eigenvalue weighted by molar-refractivity contribution is 5.94. The maximum absolute atomic E-state index is 13.8. The van der Waals surface area contributed by atoms with Crippen molar-refractivity contribution >= 4 is 5.91 Å². The maximum Gasteiger partial charge on any atom is 0.257 e. The number of morpholine rings is 1. The lowest BCUT2D eigenvalue weighted by molar-refractivity contribution is -0.118. The molecule has 0 saturated carbocycles.